The largest absolute Gasteiger partial charge is 0.347 e. The zero-order valence-corrected chi connectivity index (χ0v) is 27.6. The van der Waals surface area contributed by atoms with Crippen molar-refractivity contribution >= 4 is 50.2 Å². The first-order valence-corrected chi connectivity index (χ1v) is 16.4. The highest BCUT2D eigenvalue weighted by molar-refractivity contribution is 6.32. The molecule has 1 aliphatic carbocycles. The molecule has 0 saturated carbocycles. The molecule has 0 aromatic heterocycles. The number of rotatable bonds is 3. The third-order valence-electron chi connectivity index (χ3n) is 10.4. The first kappa shape index (κ1) is 28.9. The molecule has 3 heteroatoms. The zero-order valence-electron chi connectivity index (χ0n) is 26.8. The lowest BCUT2D eigenvalue weighted by Gasteiger charge is -2.24. The molecule has 2 aliphatic heterocycles. The molecule has 222 valence electrons. The van der Waals surface area contributed by atoms with Crippen LogP contribution in [0, 0.1) is 0 Å². The van der Waals surface area contributed by atoms with Crippen LogP contribution >= 0.6 is 11.6 Å². The molecule has 0 saturated heterocycles. The van der Waals surface area contributed by atoms with Gasteiger partial charge in [0, 0.05) is 46.6 Å². The molecule has 2 nitrogen and oxygen atoms in total. The van der Waals surface area contributed by atoms with E-state index >= 15 is 0 Å². The van der Waals surface area contributed by atoms with Crippen LogP contribution in [0.1, 0.15) is 64.5 Å². The summed E-state index contributed by atoms with van der Waals surface area (Å²) >= 11 is 7.27. The number of hydrogen-bond donors (Lipinski definition) is 0. The maximum Gasteiger partial charge on any atom is 0.210 e. The van der Waals surface area contributed by atoms with Crippen molar-refractivity contribution in [1.82, 2.24) is 0 Å². The predicted octanol–water partition coefficient (Wildman–Crippen LogP) is 10.9. The molecule has 0 spiro atoms. The van der Waals surface area contributed by atoms with E-state index in [1.54, 1.807) is 0 Å². The predicted molar refractivity (Wildman–Crippen MR) is 190 cm³/mol. The Morgan fingerprint density at radius 3 is 2.09 bits per heavy atom. The molecule has 0 bridgehead atoms. The fourth-order valence-corrected chi connectivity index (χ4v) is 8.43. The number of anilines is 1. The quantitative estimate of drug-likeness (QED) is 0.213. The van der Waals surface area contributed by atoms with E-state index in [0.29, 0.717) is 0 Å². The van der Waals surface area contributed by atoms with Crippen LogP contribution in [-0.4, -0.2) is 24.4 Å². The molecule has 2 heterocycles. The molecule has 3 aliphatic rings. The monoisotopic (exact) mass is 597 g/mol. The summed E-state index contributed by atoms with van der Waals surface area (Å²) in [6.45, 7) is 9.40. The minimum atomic E-state index is -0.111. The Balaban J connectivity index is 1.24. The van der Waals surface area contributed by atoms with Gasteiger partial charge in [-0.2, -0.15) is 4.58 Å². The van der Waals surface area contributed by atoms with Crippen LogP contribution < -0.4 is 4.90 Å². The maximum absolute atomic E-state index is 7.27. The SMILES string of the molecule is CN1/C(=C/C=C2\CCCCC(/C=C/C3=[N+](C)c4ccc5ccccc5c4C3(C)C)=C2Cl)C(C)(C)c2c1ccc1ccccc21. The van der Waals surface area contributed by atoms with E-state index in [4.69, 9.17) is 11.6 Å². The van der Waals surface area contributed by atoms with Gasteiger partial charge in [0.15, 0.2) is 5.71 Å². The minimum Gasteiger partial charge on any atom is -0.347 e. The number of hydrogen-bond acceptors (Lipinski definition) is 1. The van der Waals surface area contributed by atoms with E-state index in [1.165, 1.54) is 66.6 Å². The van der Waals surface area contributed by atoms with Gasteiger partial charge in [0.05, 0.1) is 5.41 Å². The fourth-order valence-electron chi connectivity index (χ4n) is 8.12. The third-order valence-corrected chi connectivity index (χ3v) is 10.9. The van der Waals surface area contributed by atoms with Crippen LogP contribution in [-0.2, 0) is 10.8 Å². The highest BCUT2D eigenvalue weighted by Crippen LogP contribution is 2.50. The van der Waals surface area contributed by atoms with Crippen molar-refractivity contribution in [2.75, 3.05) is 19.0 Å². The van der Waals surface area contributed by atoms with Gasteiger partial charge in [-0.1, -0.05) is 92.2 Å². The summed E-state index contributed by atoms with van der Waals surface area (Å²) in [7, 11) is 4.40. The Kier molecular flexibility index (Phi) is 6.98. The number of nitrogens with zero attached hydrogens (tertiary/aromatic N) is 2. The summed E-state index contributed by atoms with van der Waals surface area (Å²) in [4.78, 5) is 2.37. The Morgan fingerprint density at radius 1 is 0.727 bits per heavy atom. The number of benzene rings is 4. The van der Waals surface area contributed by atoms with Crippen LogP contribution in [0.5, 0.6) is 0 Å². The summed E-state index contributed by atoms with van der Waals surface area (Å²) in [6, 6.07) is 26.5. The van der Waals surface area contributed by atoms with Gasteiger partial charge in [0.2, 0.25) is 5.69 Å². The van der Waals surface area contributed by atoms with Gasteiger partial charge >= 0.3 is 0 Å². The second kappa shape index (κ2) is 10.6. The Labute approximate surface area is 267 Å². The lowest BCUT2D eigenvalue weighted by Crippen LogP contribution is -2.26. The van der Waals surface area contributed by atoms with Crippen molar-refractivity contribution in [3.8, 4) is 0 Å². The standard InChI is InChI=1S/C41H42ClN2/c1-40(2)35(43(5)33-23-19-27-13-9-11-17-31(27)37(33)40)25-21-29-15-7-8-16-30(39(29)42)22-26-36-41(3,4)38-32-18-12-10-14-28(32)20-24-34(38)44(36)6/h9-14,17-26H,7-8,15-16H2,1-6H3/q+1. The first-order chi connectivity index (χ1) is 21.1. The van der Waals surface area contributed by atoms with Gasteiger partial charge in [-0.25, -0.2) is 0 Å². The summed E-state index contributed by atoms with van der Waals surface area (Å²) < 4.78 is 2.37. The molecule has 44 heavy (non-hydrogen) atoms. The van der Waals surface area contributed by atoms with E-state index in [9.17, 15) is 0 Å². The summed E-state index contributed by atoms with van der Waals surface area (Å²) in [5, 5.41) is 6.18. The molecule has 0 atom stereocenters. The van der Waals surface area contributed by atoms with Crippen molar-refractivity contribution < 1.29 is 4.58 Å². The lowest BCUT2D eigenvalue weighted by molar-refractivity contribution is -0.401. The number of allylic oxidation sites excluding steroid dienone is 8. The molecule has 4 aromatic carbocycles. The van der Waals surface area contributed by atoms with Crippen molar-refractivity contribution in [3.05, 3.63) is 130 Å². The van der Waals surface area contributed by atoms with Crippen LogP contribution in [0.25, 0.3) is 21.5 Å². The van der Waals surface area contributed by atoms with Crippen molar-refractivity contribution in [3.63, 3.8) is 0 Å². The smallest absolute Gasteiger partial charge is 0.210 e. The first-order valence-electron chi connectivity index (χ1n) is 16.0. The summed E-state index contributed by atoms with van der Waals surface area (Å²) in [5.41, 5.74) is 10.2. The van der Waals surface area contributed by atoms with Gasteiger partial charge in [-0.15, -0.1) is 0 Å². The molecule has 0 radical (unpaired) electrons. The van der Waals surface area contributed by atoms with E-state index in [1.807, 2.05) is 0 Å². The molecule has 0 N–H and O–H groups in total. The average Bonchev–Trinajstić information content (AvgIpc) is 3.23. The normalized spacial score (nSPS) is 21.3. The Morgan fingerprint density at radius 2 is 1.36 bits per heavy atom. The fraction of sp³-hybridized carbons (Fsp3) is 0.293. The van der Waals surface area contributed by atoms with Crippen molar-refractivity contribution in [2.24, 2.45) is 0 Å². The molecule has 4 aromatic rings. The van der Waals surface area contributed by atoms with Gasteiger partial charge in [0.1, 0.15) is 7.05 Å². The highest BCUT2D eigenvalue weighted by Gasteiger charge is 2.44. The zero-order chi connectivity index (χ0) is 30.8. The third kappa shape index (κ3) is 4.41. The second-order valence-electron chi connectivity index (χ2n) is 13.7. The summed E-state index contributed by atoms with van der Waals surface area (Å²) in [6.07, 6.45) is 13.5. The van der Waals surface area contributed by atoms with Crippen molar-refractivity contribution in [1.29, 1.82) is 0 Å². The van der Waals surface area contributed by atoms with E-state index in [0.717, 1.165) is 30.7 Å². The van der Waals surface area contributed by atoms with Gasteiger partial charge in [0.25, 0.3) is 0 Å². The molecule has 0 fully saturated rings. The Bertz CT molecular complexity index is 2000. The molecular weight excluding hydrogens is 556 g/mol. The number of likely N-dealkylation sites (N-methyl/N-ethyl adjacent to an activating group) is 1. The molecule has 7 rings (SSSR count). The van der Waals surface area contributed by atoms with Crippen molar-refractivity contribution in [2.45, 2.75) is 64.2 Å². The van der Waals surface area contributed by atoms with Gasteiger partial charge < -0.3 is 4.90 Å². The van der Waals surface area contributed by atoms with Crippen LogP contribution in [0.4, 0.5) is 11.4 Å². The van der Waals surface area contributed by atoms with Gasteiger partial charge in [-0.3, -0.25) is 0 Å². The average molecular weight is 598 g/mol. The van der Waals surface area contributed by atoms with E-state index in [-0.39, 0.29) is 10.8 Å². The highest BCUT2D eigenvalue weighted by atomic mass is 35.5. The molecular formula is C41H42ClN2+. The van der Waals surface area contributed by atoms with E-state index in [2.05, 4.69) is 148 Å². The minimum absolute atomic E-state index is 0.111. The van der Waals surface area contributed by atoms with Crippen LogP contribution in [0.2, 0.25) is 0 Å². The number of fused-ring (bicyclic) bond motifs is 6. The molecule has 0 unspecified atom stereocenters. The maximum atomic E-state index is 7.27. The van der Waals surface area contributed by atoms with Crippen LogP contribution in [0.15, 0.2) is 119 Å². The molecule has 0 amide bonds. The van der Waals surface area contributed by atoms with E-state index < -0.39 is 0 Å². The lowest BCUT2D eigenvalue weighted by atomic mass is 9.79. The summed E-state index contributed by atoms with van der Waals surface area (Å²) in [5.74, 6) is 0. The Hall–Kier alpha value is -3.88. The van der Waals surface area contributed by atoms with Gasteiger partial charge in [-0.05, 0) is 96.0 Å². The number of halogens is 1. The van der Waals surface area contributed by atoms with Crippen LogP contribution in [0.3, 0.4) is 0 Å². The topological polar surface area (TPSA) is 6.25 Å². The second-order valence-corrected chi connectivity index (χ2v) is 14.1.